The molecule has 2 heteroatoms. The van der Waals surface area contributed by atoms with Crippen LogP contribution in [0, 0.1) is 0 Å². The first-order valence-electron chi connectivity index (χ1n) is 4.98. The molecule has 0 radical (unpaired) electrons. The van der Waals surface area contributed by atoms with Crippen LogP contribution in [0.15, 0.2) is 47.3 Å². The number of benzene rings is 1. The first kappa shape index (κ1) is 9.71. The first-order valence-corrected chi connectivity index (χ1v) is 4.98. The topological polar surface area (TPSA) is 22.0 Å². The number of nitrogens with zero attached hydrogens (tertiary/aromatic N) is 1. The Labute approximate surface area is 88.5 Å². The van der Waals surface area contributed by atoms with Crippen molar-refractivity contribution in [2.45, 2.75) is 13.8 Å². The fraction of sp³-hybridized carbons (Fsp3) is 0.154. The van der Waals surface area contributed by atoms with E-state index in [-0.39, 0.29) is 5.56 Å². The van der Waals surface area contributed by atoms with Gasteiger partial charge in [0.15, 0.2) is 0 Å². The van der Waals surface area contributed by atoms with Crippen LogP contribution in [0.5, 0.6) is 0 Å². The summed E-state index contributed by atoms with van der Waals surface area (Å²) < 4.78 is 1.73. The molecule has 2 nitrogen and oxygen atoms in total. The lowest BCUT2D eigenvalue weighted by molar-refractivity contribution is 1.06. The van der Waals surface area contributed by atoms with E-state index in [1.54, 1.807) is 10.6 Å². The minimum absolute atomic E-state index is 0.0179. The summed E-state index contributed by atoms with van der Waals surface area (Å²) in [5.41, 5.74) is 1.93. The molecule has 1 aromatic carbocycles. The summed E-state index contributed by atoms with van der Waals surface area (Å²) in [6.45, 7) is 3.87. The molecular weight excluding hydrogens is 186 g/mol. The van der Waals surface area contributed by atoms with E-state index in [0.717, 1.165) is 16.6 Å². The predicted molar refractivity (Wildman–Crippen MR) is 63.8 cm³/mol. The Hall–Kier alpha value is -1.83. The first-order chi connectivity index (χ1) is 7.24. The smallest absolute Gasteiger partial charge is 0.255 e. The summed E-state index contributed by atoms with van der Waals surface area (Å²) in [5, 5.41) is 1.08. The number of hydrogen-bond acceptors (Lipinski definition) is 1. The Bertz CT molecular complexity index is 578. The quantitative estimate of drug-likeness (QED) is 0.692. The Balaban J connectivity index is 2.92. The molecule has 0 N–H and O–H groups in total. The summed E-state index contributed by atoms with van der Waals surface area (Å²) in [4.78, 5) is 11.8. The van der Waals surface area contributed by atoms with Crippen LogP contribution in [0.2, 0.25) is 0 Å². The SMILES string of the molecule is CC=C(C)n1c(=O)ccc2ccccc21. The normalized spacial score (nSPS) is 12.0. The van der Waals surface area contributed by atoms with Gasteiger partial charge in [0.05, 0.1) is 5.52 Å². The molecule has 0 saturated heterocycles. The third kappa shape index (κ3) is 1.59. The summed E-state index contributed by atoms with van der Waals surface area (Å²) >= 11 is 0. The van der Waals surface area contributed by atoms with Gasteiger partial charge in [0.25, 0.3) is 5.56 Å². The van der Waals surface area contributed by atoms with E-state index in [9.17, 15) is 4.79 Å². The van der Waals surface area contributed by atoms with Gasteiger partial charge in [-0.3, -0.25) is 9.36 Å². The lowest BCUT2D eigenvalue weighted by atomic mass is 10.2. The predicted octanol–water partition coefficient (Wildman–Crippen LogP) is 2.88. The van der Waals surface area contributed by atoms with Gasteiger partial charge in [-0.25, -0.2) is 0 Å². The molecule has 0 saturated carbocycles. The Morgan fingerprint density at radius 3 is 2.67 bits per heavy atom. The number of pyridine rings is 1. The second-order valence-electron chi connectivity index (χ2n) is 3.50. The molecule has 0 amide bonds. The van der Waals surface area contributed by atoms with Gasteiger partial charge >= 0.3 is 0 Å². The van der Waals surface area contributed by atoms with Crippen molar-refractivity contribution in [2.75, 3.05) is 0 Å². The molecule has 2 rings (SSSR count). The minimum atomic E-state index is 0.0179. The second-order valence-corrected chi connectivity index (χ2v) is 3.50. The lowest BCUT2D eigenvalue weighted by Gasteiger charge is -2.09. The van der Waals surface area contributed by atoms with Crippen LogP contribution in [-0.4, -0.2) is 4.57 Å². The van der Waals surface area contributed by atoms with Crippen LogP contribution in [0.4, 0.5) is 0 Å². The molecule has 0 atom stereocenters. The Morgan fingerprint density at radius 1 is 1.20 bits per heavy atom. The number of hydrogen-bond donors (Lipinski definition) is 0. The van der Waals surface area contributed by atoms with Crippen LogP contribution in [0.1, 0.15) is 13.8 Å². The van der Waals surface area contributed by atoms with Crippen LogP contribution in [0.3, 0.4) is 0 Å². The van der Waals surface area contributed by atoms with Crippen molar-refractivity contribution in [3.63, 3.8) is 0 Å². The average Bonchev–Trinajstić information content (AvgIpc) is 2.28. The van der Waals surface area contributed by atoms with Gasteiger partial charge in [0.2, 0.25) is 0 Å². The maximum absolute atomic E-state index is 11.8. The molecular formula is C13H13NO. The fourth-order valence-corrected chi connectivity index (χ4v) is 1.68. The number of para-hydroxylation sites is 1. The summed E-state index contributed by atoms with van der Waals surface area (Å²) in [5.74, 6) is 0. The molecule has 0 spiro atoms. The third-order valence-electron chi connectivity index (χ3n) is 2.57. The molecule has 1 heterocycles. The van der Waals surface area contributed by atoms with Crippen molar-refractivity contribution in [3.05, 3.63) is 52.8 Å². The molecule has 0 aliphatic carbocycles. The summed E-state index contributed by atoms with van der Waals surface area (Å²) in [6.07, 6.45) is 1.94. The average molecular weight is 199 g/mol. The minimum Gasteiger partial charge on any atom is -0.281 e. The van der Waals surface area contributed by atoms with Crippen LogP contribution >= 0.6 is 0 Å². The Morgan fingerprint density at radius 2 is 1.93 bits per heavy atom. The van der Waals surface area contributed by atoms with Crippen molar-refractivity contribution in [3.8, 4) is 0 Å². The zero-order chi connectivity index (χ0) is 10.8. The molecule has 0 bridgehead atoms. The van der Waals surface area contributed by atoms with Gasteiger partial charge < -0.3 is 0 Å². The van der Waals surface area contributed by atoms with Crippen molar-refractivity contribution < 1.29 is 0 Å². The zero-order valence-electron chi connectivity index (χ0n) is 8.90. The zero-order valence-corrected chi connectivity index (χ0v) is 8.90. The maximum Gasteiger partial charge on any atom is 0.255 e. The summed E-state index contributed by atoms with van der Waals surface area (Å²) in [7, 11) is 0. The standard InChI is InChI=1S/C13H13NO/c1-3-10(2)14-12-7-5-4-6-11(12)8-9-13(14)15/h3-9H,1-2H3. The van der Waals surface area contributed by atoms with E-state index in [1.165, 1.54) is 0 Å². The van der Waals surface area contributed by atoms with E-state index in [1.807, 2.05) is 50.3 Å². The van der Waals surface area contributed by atoms with Crippen LogP contribution < -0.4 is 5.56 Å². The molecule has 0 aliphatic rings. The van der Waals surface area contributed by atoms with Gasteiger partial charge in [-0.1, -0.05) is 24.3 Å². The molecule has 2 aromatic rings. The molecule has 1 aromatic heterocycles. The van der Waals surface area contributed by atoms with Gasteiger partial charge in [-0.05, 0) is 31.4 Å². The fourth-order valence-electron chi connectivity index (χ4n) is 1.68. The highest BCUT2D eigenvalue weighted by molar-refractivity contribution is 5.81. The van der Waals surface area contributed by atoms with Gasteiger partial charge in [-0.2, -0.15) is 0 Å². The van der Waals surface area contributed by atoms with Gasteiger partial charge in [-0.15, -0.1) is 0 Å². The number of allylic oxidation sites excluding steroid dienone is 2. The third-order valence-corrected chi connectivity index (χ3v) is 2.57. The van der Waals surface area contributed by atoms with Crippen LogP contribution in [0.25, 0.3) is 16.6 Å². The van der Waals surface area contributed by atoms with Gasteiger partial charge in [0.1, 0.15) is 0 Å². The van der Waals surface area contributed by atoms with Crippen molar-refractivity contribution in [1.82, 2.24) is 4.57 Å². The molecule has 0 aliphatic heterocycles. The van der Waals surface area contributed by atoms with E-state index in [2.05, 4.69) is 0 Å². The lowest BCUT2D eigenvalue weighted by Crippen LogP contribution is -2.17. The second kappa shape index (κ2) is 3.73. The van der Waals surface area contributed by atoms with E-state index in [0.29, 0.717) is 0 Å². The van der Waals surface area contributed by atoms with Crippen molar-refractivity contribution in [2.24, 2.45) is 0 Å². The van der Waals surface area contributed by atoms with Crippen molar-refractivity contribution >= 4 is 16.6 Å². The highest BCUT2D eigenvalue weighted by Crippen LogP contribution is 2.14. The number of fused-ring (bicyclic) bond motifs is 1. The highest BCUT2D eigenvalue weighted by atomic mass is 16.1. The van der Waals surface area contributed by atoms with Crippen LogP contribution in [-0.2, 0) is 0 Å². The maximum atomic E-state index is 11.8. The monoisotopic (exact) mass is 199 g/mol. The molecule has 0 fully saturated rings. The van der Waals surface area contributed by atoms with E-state index in [4.69, 9.17) is 0 Å². The Kier molecular flexibility index (Phi) is 2.42. The summed E-state index contributed by atoms with van der Waals surface area (Å²) in [6, 6.07) is 11.4. The number of rotatable bonds is 1. The van der Waals surface area contributed by atoms with E-state index < -0.39 is 0 Å². The van der Waals surface area contributed by atoms with Crippen molar-refractivity contribution in [1.29, 1.82) is 0 Å². The molecule has 76 valence electrons. The van der Waals surface area contributed by atoms with E-state index >= 15 is 0 Å². The largest absolute Gasteiger partial charge is 0.281 e. The van der Waals surface area contributed by atoms with Gasteiger partial charge in [0, 0.05) is 11.8 Å². The molecule has 0 unspecified atom stereocenters. The number of aromatic nitrogens is 1. The highest BCUT2D eigenvalue weighted by Gasteiger charge is 2.02. The molecule has 15 heavy (non-hydrogen) atoms.